The van der Waals surface area contributed by atoms with Gasteiger partial charge in [-0.3, -0.25) is 14.7 Å². The number of amides is 1. The SMILES string of the molecule is CC(C)c1ccc(N(C=O)c2cccnc2NCc2ccccn2)cc1. The van der Waals surface area contributed by atoms with Crippen LogP contribution in [-0.2, 0) is 11.3 Å². The highest BCUT2D eigenvalue weighted by atomic mass is 16.1. The average molecular weight is 346 g/mol. The number of carbonyl (C=O) groups is 1. The first-order chi connectivity index (χ1) is 12.7. The predicted octanol–water partition coefficient (Wildman–Crippen LogP) is 4.51. The zero-order valence-corrected chi connectivity index (χ0v) is 15.0. The monoisotopic (exact) mass is 346 g/mol. The molecule has 1 N–H and O–H groups in total. The van der Waals surface area contributed by atoms with Gasteiger partial charge in [0, 0.05) is 18.1 Å². The standard InChI is InChI=1S/C21H22N4O/c1-16(2)17-8-10-19(11-9-17)25(15-26)20-7-5-13-23-21(20)24-14-18-6-3-4-12-22-18/h3-13,15-16H,14H2,1-2H3,(H,23,24). The highest BCUT2D eigenvalue weighted by Gasteiger charge is 2.14. The Hall–Kier alpha value is -3.21. The number of benzene rings is 1. The van der Waals surface area contributed by atoms with Crippen molar-refractivity contribution in [2.75, 3.05) is 10.2 Å². The molecular weight excluding hydrogens is 324 g/mol. The Morgan fingerprint density at radius 1 is 1.00 bits per heavy atom. The van der Waals surface area contributed by atoms with Crippen LogP contribution in [0.25, 0.3) is 0 Å². The summed E-state index contributed by atoms with van der Waals surface area (Å²) in [7, 11) is 0. The highest BCUT2D eigenvalue weighted by molar-refractivity contribution is 5.90. The second-order valence-corrected chi connectivity index (χ2v) is 6.27. The fourth-order valence-corrected chi connectivity index (χ4v) is 2.68. The van der Waals surface area contributed by atoms with E-state index < -0.39 is 0 Å². The summed E-state index contributed by atoms with van der Waals surface area (Å²) in [5, 5.41) is 3.27. The Balaban J connectivity index is 1.85. The van der Waals surface area contributed by atoms with Gasteiger partial charge in [0.1, 0.15) is 0 Å². The molecule has 0 bridgehead atoms. The average Bonchev–Trinajstić information content (AvgIpc) is 2.69. The smallest absolute Gasteiger partial charge is 0.218 e. The molecule has 5 nitrogen and oxygen atoms in total. The quantitative estimate of drug-likeness (QED) is 0.640. The van der Waals surface area contributed by atoms with Gasteiger partial charge < -0.3 is 5.32 Å². The van der Waals surface area contributed by atoms with E-state index in [2.05, 4.69) is 29.1 Å². The highest BCUT2D eigenvalue weighted by Crippen LogP contribution is 2.30. The predicted molar refractivity (Wildman–Crippen MR) is 105 cm³/mol. The van der Waals surface area contributed by atoms with Crippen molar-refractivity contribution in [1.29, 1.82) is 0 Å². The minimum atomic E-state index is 0.447. The number of anilines is 3. The zero-order valence-electron chi connectivity index (χ0n) is 15.0. The van der Waals surface area contributed by atoms with E-state index in [4.69, 9.17) is 0 Å². The molecule has 1 amide bonds. The molecule has 0 fully saturated rings. The fraction of sp³-hybridized carbons (Fsp3) is 0.190. The van der Waals surface area contributed by atoms with Gasteiger partial charge in [0.2, 0.25) is 6.41 Å². The lowest BCUT2D eigenvalue weighted by molar-refractivity contribution is -0.106. The normalized spacial score (nSPS) is 10.6. The molecule has 2 aromatic heterocycles. The number of rotatable bonds is 7. The summed E-state index contributed by atoms with van der Waals surface area (Å²) in [4.78, 5) is 22.1. The van der Waals surface area contributed by atoms with Gasteiger partial charge >= 0.3 is 0 Å². The van der Waals surface area contributed by atoms with E-state index in [1.807, 2.05) is 54.6 Å². The summed E-state index contributed by atoms with van der Waals surface area (Å²) in [6.45, 7) is 4.82. The molecule has 3 rings (SSSR count). The number of nitrogens with one attached hydrogen (secondary N) is 1. The van der Waals surface area contributed by atoms with E-state index in [0.717, 1.165) is 17.8 Å². The van der Waals surface area contributed by atoms with Crippen LogP contribution in [0.2, 0.25) is 0 Å². The van der Waals surface area contributed by atoms with Crippen LogP contribution in [0.15, 0.2) is 67.0 Å². The Morgan fingerprint density at radius 2 is 1.77 bits per heavy atom. The largest absolute Gasteiger partial charge is 0.363 e. The van der Waals surface area contributed by atoms with Gasteiger partial charge in [-0.25, -0.2) is 4.98 Å². The van der Waals surface area contributed by atoms with Crippen molar-refractivity contribution in [2.24, 2.45) is 0 Å². The third-order valence-corrected chi connectivity index (χ3v) is 4.15. The third kappa shape index (κ3) is 4.06. The lowest BCUT2D eigenvalue weighted by Gasteiger charge is -2.21. The number of hydrogen-bond acceptors (Lipinski definition) is 4. The molecule has 0 unspecified atom stereocenters. The molecule has 0 aliphatic carbocycles. The molecule has 0 saturated carbocycles. The summed E-state index contributed by atoms with van der Waals surface area (Å²) in [5.74, 6) is 1.08. The van der Waals surface area contributed by atoms with E-state index in [1.165, 1.54) is 5.56 Å². The number of nitrogens with zero attached hydrogens (tertiary/aromatic N) is 3. The van der Waals surface area contributed by atoms with Crippen LogP contribution in [0.5, 0.6) is 0 Å². The van der Waals surface area contributed by atoms with Gasteiger partial charge in [-0.2, -0.15) is 0 Å². The van der Waals surface area contributed by atoms with E-state index in [9.17, 15) is 4.79 Å². The molecule has 0 aliphatic heterocycles. The molecular formula is C21H22N4O. The number of carbonyl (C=O) groups excluding carboxylic acids is 1. The van der Waals surface area contributed by atoms with Gasteiger partial charge in [-0.15, -0.1) is 0 Å². The second-order valence-electron chi connectivity index (χ2n) is 6.27. The van der Waals surface area contributed by atoms with Crippen molar-refractivity contribution in [1.82, 2.24) is 9.97 Å². The number of aromatic nitrogens is 2. The molecule has 132 valence electrons. The van der Waals surface area contributed by atoms with E-state index in [0.29, 0.717) is 24.0 Å². The van der Waals surface area contributed by atoms with Crippen LogP contribution >= 0.6 is 0 Å². The maximum absolute atomic E-state index is 11.8. The maximum atomic E-state index is 11.8. The van der Waals surface area contributed by atoms with Crippen molar-refractivity contribution in [3.05, 3.63) is 78.2 Å². The van der Waals surface area contributed by atoms with Crippen LogP contribution < -0.4 is 10.2 Å². The molecule has 1 aromatic carbocycles. The van der Waals surface area contributed by atoms with Crippen molar-refractivity contribution in [2.45, 2.75) is 26.3 Å². The summed E-state index contributed by atoms with van der Waals surface area (Å²) >= 11 is 0. The lowest BCUT2D eigenvalue weighted by Crippen LogP contribution is -2.17. The summed E-state index contributed by atoms with van der Waals surface area (Å²) < 4.78 is 0. The number of pyridine rings is 2. The van der Waals surface area contributed by atoms with Gasteiger partial charge in [0.25, 0.3) is 0 Å². The van der Waals surface area contributed by atoms with Crippen LogP contribution in [0.4, 0.5) is 17.2 Å². The first-order valence-electron chi connectivity index (χ1n) is 8.62. The molecule has 0 saturated heterocycles. The molecule has 0 atom stereocenters. The van der Waals surface area contributed by atoms with Crippen molar-refractivity contribution < 1.29 is 4.79 Å². The fourth-order valence-electron chi connectivity index (χ4n) is 2.68. The first-order valence-corrected chi connectivity index (χ1v) is 8.62. The molecule has 26 heavy (non-hydrogen) atoms. The van der Waals surface area contributed by atoms with Gasteiger partial charge in [0.15, 0.2) is 5.82 Å². The van der Waals surface area contributed by atoms with Crippen LogP contribution in [0, 0.1) is 0 Å². The summed E-state index contributed by atoms with van der Waals surface area (Å²) in [5.41, 5.74) is 3.65. The molecule has 2 heterocycles. The van der Waals surface area contributed by atoms with Gasteiger partial charge in [-0.05, 0) is 47.9 Å². The van der Waals surface area contributed by atoms with E-state index >= 15 is 0 Å². The third-order valence-electron chi connectivity index (χ3n) is 4.15. The summed E-state index contributed by atoms with van der Waals surface area (Å²) in [6.07, 6.45) is 4.27. The second kappa shape index (κ2) is 8.25. The van der Waals surface area contributed by atoms with Crippen LogP contribution in [-0.4, -0.2) is 16.4 Å². The summed E-state index contributed by atoms with van der Waals surface area (Å²) in [6, 6.07) is 17.5. The van der Waals surface area contributed by atoms with Crippen LogP contribution in [0.1, 0.15) is 31.0 Å². The molecule has 0 aliphatic rings. The van der Waals surface area contributed by atoms with Gasteiger partial charge in [0.05, 0.1) is 17.9 Å². The Bertz CT molecular complexity index is 847. The van der Waals surface area contributed by atoms with Gasteiger partial charge in [-0.1, -0.05) is 32.0 Å². The van der Waals surface area contributed by atoms with Crippen molar-refractivity contribution in [3.8, 4) is 0 Å². The minimum absolute atomic E-state index is 0.447. The Morgan fingerprint density at radius 3 is 2.42 bits per heavy atom. The topological polar surface area (TPSA) is 58.1 Å². The lowest BCUT2D eigenvalue weighted by atomic mass is 10.0. The minimum Gasteiger partial charge on any atom is -0.363 e. The maximum Gasteiger partial charge on any atom is 0.218 e. The first kappa shape index (κ1) is 17.6. The molecule has 0 radical (unpaired) electrons. The van der Waals surface area contributed by atoms with E-state index in [-0.39, 0.29) is 0 Å². The van der Waals surface area contributed by atoms with Crippen LogP contribution in [0.3, 0.4) is 0 Å². The van der Waals surface area contributed by atoms with E-state index in [1.54, 1.807) is 17.3 Å². The molecule has 0 spiro atoms. The van der Waals surface area contributed by atoms with Crippen molar-refractivity contribution >= 4 is 23.6 Å². The number of hydrogen-bond donors (Lipinski definition) is 1. The Labute approximate surface area is 153 Å². The van der Waals surface area contributed by atoms with Crippen molar-refractivity contribution in [3.63, 3.8) is 0 Å². The molecule has 5 heteroatoms. The molecule has 3 aromatic rings. The Kier molecular flexibility index (Phi) is 5.59. The zero-order chi connectivity index (χ0) is 18.4.